The number of hydrogen-bond acceptors (Lipinski definition) is 7. The molecule has 1 aliphatic heterocycles. The van der Waals surface area contributed by atoms with Crippen molar-refractivity contribution in [2.45, 2.75) is 18.9 Å². The van der Waals surface area contributed by atoms with Crippen LogP contribution in [0.15, 0.2) is 24.5 Å². The van der Waals surface area contributed by atoms with Crippen molar-refractivity contribution in [3.05, 3.63) is 24.5 Å². The minimum Gasteiger partial charge on any atom is -0.492 e. The van der Waals surface area contributed by atoms with E-state index in [0.29, 0.717) is 23.2 Å². The van der Waals surface area contributed by atoms with Gasteiger partial charge in [-0.05, 0) is 31.5 Å². The predicted octanol–water partition coefficient (Wildman–Crippen LogP) is 0.803. The number of aromatic hydroxyl groups is 1. The van der Waals surface area contributed by atoms with Crippen molar-refractivity contribution >= 4 is 5.95 Å². The third kappa shape index (κ3) is 2.83. The molecule has 20 heavy (non-hydrogen) atoms. The molecule has 1 saturated heterocycles. The standard InChI is InChI=1S/C13H16N6O/c20-12-10(3-7-16-19-12)11-4-6-15-13(18-11)17-9-2-1-5-14-8-9/h3-4,6-7,9,14H,1-2,5,8H2,(H,19,20)(H,15,17,18)/t9-/m0/s1. The van der Waals surface area contributed by atoms with Gasteiger partial charge in [-0.25, -0.2) is 9.97 Å². The molecule has 3 N–H and O–H groups in total. The lowest BCUT2D eigenvalue weighted by Gasteiger charge is -2.23. The largest absolute Gasteiger partial charge is 0.492 e. The first kappa shape index (κ1) is 12.7. The average molecular weight is 272 g/mol. The first-order chi connectivity index (χ1) is 9.83. The van der Waals surface area contributed by atoms with Crippen LogP contribution in [0.3, 0.4) is 0 Å². The first-order valence-electron chi connectivity index (χ1n) is 6.64. The monoisotopic (exact) mass is 272 g/mol. The first-order valence-corrected chi connectivity index (χ1v) is 6.64. The smallest absolute Gasteiger partial charge is 0.240 e. The van der Waals surface area contributed by atoms with Gasteiger partial charge in [0, 0.05) is 18.8 Å². The second-order valence-electron chi connectivity index (χ2n) is 4.72. The molecule has 2 aromatic heterocycles. The fourth-order valence-corrected chi connectivity index (χ4v) is 2.26. The zero-order valence-electron chi connectivity index (χ0n) is 11.0. The van der Waals surface area contributed by atoms with E-state index in [9.17, 15) is 5.11 Å². The zero-order valence-corrected chi connectivity index (χ0v) is 11.0. The highest BCUT2D eigenvalue weighted by Gasteiger charge is 2.14. The number of anilines is 1. The molecule has 0 radical (unpaired) electrons. The maximum atomic E-state index is 9.71. The molecule has 1 fully saturated rings. The topological polar surface area (TPSA) is 95.9 Å². The number of piperidine rings is 1. The van der Waals surface area contributed by atoms with Crippen molar-refractivity contribution in [3.63, 3.8) is 0 Å². The van der Waals surface area contributed by atoms with Gasteiger partial charge in [0.15, 0.2) is 0 Å². The molecule has 0 spiro atoms. The third-order valence-electron chi connectivity index (χ3n) is 3.26. The summed E-state index contributed by atoms with van der Waals surface area (Å²) in [7, 11) is 0. The molecule has 1 atom stereocenters. The Labute approximate surface area is 116 Å². The summed E-state index contributed by atoms with van der Waals surface area (Å²) in [5.41, 5.74) is 1.17. The molecule has 0 amide bonds. The summed E-state index contributed by atoms with van der Waals surface area (Å²) in [4.78, 5) is 8.64. The number of nitrogens with zero attached hydrogens (tertiary/aromatic N) is 4. The molecule has 2 aromatic rings. The van der Waals surface area contributed by atoms with Gasteiger partial charge < -0.3 is 15.7 Å². The summed E-state index contributed by atoms with van der Waals surface area (Å²) >= 11 is 0. The normalized spacial score (nSPS) is 18.7. The van der Waals surface area contributed by atoms with Gasteiger partial charge in [-0.15, -0.1) is 5.10 Å². The molecule has 0 aromatic carbocycles. The van der Waals surface area contributed by atoms with Crippen LogP contribution in [-0.2, 0) is 0 Å². The van der Waals surface area contributed by atoms with Gasteiger partial charge in [-0.2, -0.15) is 5.10 Å². The van der Waals surface area contributed by atoms with Crippen molar-refractivity contribution in [1.82, 2.24) is 25.5 Å². The molecule has 0 saturated carbocycles. The van der Waals surface area contributed by atoms with Crippen molar-refractivity contribution in [2.75, 3.05) is 18.4 Å². The molecule has 104 valence electrons. The lowest BCUT2D eigenvalue weighted by Crippen LogP contribution is -2.38. The molecule has 0 bridgehead atoms. The van der Waals surface area contributed by atoms with Crippen LogP contribution >= 0.6 is 0 Å². The van der Waals surface area contributed by atoms with Gasteiger partial charge in [0.1, 0.15) is 0 Å². The zero-order chi connectivity index (χ0) is 13.8. The molecular weight excluding hydrogens is 256 g/mol. The minimum absolute atomic E-state index is 0.128. The quantitative estimate of drug-likeness (QED) is 0.760. The lowest BCUT2D eigenvalue weighted by atomic mass is 10.1. The molecule has 7 heteroatoms. The highest BCUT2D eigenvalue weighted by atomic mass is 16.3. The maximum absolute atomic E-state index is 9.71. The van der Waals surface area contributed by atoms with Gasteiger partial charge in [-0.1, -0.05) is 0 Å². The number of rotatable bonds is 3. The van der Waals surface area contributed by atoms with E-state index in [0.717, 1.165) is 25.9 Å². The van der Waals surface area contributed by atoms with Crippen molar-refractivity contribution in [3.8, 4) is 17.1 Å². The van der Waals surface area contributed by atoms with E-state index in [4.69, 9.17) is 0 Å². The molecule has 1 aliphatic rings. The fourth-order valence-electron chi connectivity index (χ4n) is 2.26. The van der Waals surface area contributed by atoms with Gasteiger partial charge >= 0.3 is 0 Å². The van der Waals surface area contributed by atoms with Crippen LogP contribution in [0.2, 0.25) is 0 Å². The van der Waals surface area contributed by atoms with Gasteiger partial charge in [-0.3, -0.25) is 0 Å². The van der Waals surface area contributed by atoms with Crippen LogP contribution in [0.1, 0.15) is 12.8 Å². The Hall–Kier alpha value is -2.28. The molecule has 7 nitrogen and oxygen atoms in total. The lowest BCUT2D eigenvalue weighted by molar-refractivity contribution is 0.447. The van der Waals surface area contributed by atoms with E-state index in [-0.39, 0.29) is 5.88 Å². The highest BCUT2D eigenvalue weighted by molar-refractivity contribution is 5.64. The molecule has 0 unspecified atom stereocenters. The summed E-state index contributed by atoms with van der Waals surface area (Å²) in [6.45, 7) is 1.98. The Balaban J connectivity index is 1.80. The minimum atomic E-state index is -0.128. The number of hydrogen-bond donors (Lipinski definition) is 3. The summed E-state index contributed by atoms with van der Waals surface area (Å²) in [6.07, 6.45) is 5.44. The second kappa shape index (κ2) is 5.79. The van der Waals surface area contributed by atoms with Crippen LogP contribution in [0, 0.1) is 0 Å². The summed E-state index contributed by atoms with van der Waals surface area (Å²) < 4.78 is 0. The summed E-state index contributed by atoms with van der Waals surface area (Å²) in [5.74, 6) is 0.434. The molecule has 3 rings (SSSR count). The van der Waals surface area contributed by atoms with Crippen LogP contribution in [0.25, 0.3) is 11.3 Å². The van der Waals surface area contributed by atoms with E-state index >= 15 is 0 Å². The van der Waals surface area contributed by atoms with E-state index in [1.54, 1.807) is 18.3 Å². The van der Waals surface area contributed by atoms with Crippen LogP contribution in [0.4, 0.5) is 5.95 Å². The Bertz CT molecular complexity index is 585. The van der Waals surface area contributed by atoms with E-state index in [2.05, 4.69) is 30.8 Å². The van der Waals surface area contributed by atoms with Gasteiger partial charge in [0.05, 0.1) is 17.5 Å². The van der Waals surface area contributed by atoms with E-state index in [1.165, 1.54) is 6.20 Å². The number of nitrogens with one attached hydrogen (secondary N) is 2. The highest BCUT2D eigenvalue weighted by Crippen LogP contribution is 2.24. The Morgan fingerprint density at radius 1 is 1.30 bits per heavy atom. The predicted molar refractivity (Wildman–Crippen MR) is 74.2 cm³/mol. The summed E-state index contributed by atoms with van der Waals surface area (Å²) in [5, 5.41) is 23.6. The average Bonchev–Trinajstić information content (AvgIpc) is 2.49. The molecule has 0 aliphatic carbocycles. The number of aromatic nitrogens is 4. The van der Waals surface area contributed by atoms with Crippen LogP contribution in [-0.4, -0.2) is 44.4 Å². The second-order valence-corrected chi connectivity index (χ2v) is 4.72. The van der Waals surface area contributed by atoms with E-state index < -0.39 is 0 Å². The Kier molecular flexibility index (Phi) is 3.69. The summed E-state index contributed by atoms with van der Waals surface area (Å²) in [6, 6.07) is 3.75. The van der Waals surface area contributed by atoms with Crippen molar-refractivity contribution in [1.29, 1.82) is 0 Å². The van der Waals surface area contributed by atoms with Crippen molar-refractivity contribution in [2.24, 2.45) is 0 Å². The fraction of sp³-hybridized carbons (Fsp3) is 0.385. The third-order valence-corrected chi connectivity index (χ3v) is 3.26. The molecule has 3 heterocycles. The maximum Gasteiger partial charge on any atom is 0.240 e. The molecular formula is C13H16N6O. The van der Waals surface area contributed by atoms with E-state index in [1.807, 2.05) is 0 Å². The Morgan fingerprint density at radius 3 is 3.05 bits per heavy atom. The van der Waals surface area contributed by atoms with Crippen LogP contribution < -0.4 is 10.6 Å². The van der Waals surface area contributed by atoms with Gasteiger partial charge in [0.2, 0.25) is 11.8 Å². The SMILES string of the molecule is Oc1nnccc1-c1ccnc(N[C@H]2CCCNC2)n1. The van der Waals surface area contributed by atoms with Crippen molar-refractivity contribution < 1.29 is 5.11 Å². The van der Waals surface area contributed by atoms with Gasteiger partial charge in [0.25, 0.3) is 0 Å². The Morgan fingerprint density at radius 2 is 2.25 bits per heavy atom. The van der Waals surface area contributed by atoms with Crippen LogP contribution in [0.5, 0.6) is 5.88 Å².